The fraction of sp³-hybridized carbons (Fsp3) is 0.500. The van der Waals surface area contributed by atoms with Gasteiger partial charge in [0, 0.05) is 24.4 Å². The summed E-state index contributed by atoms with van der Waals surface area (Å²) in [6.07, 6.45) is 1.75. The lowest BCUT2D eigenvalue weighted by Crippen LogP contribution is -2.23. The molecule has 3 nitrogen and oxygen atoms in total. The Morgan fingerprint density at radius 3 is 2.92 bits per heavy atom. The van der Waals surface area contributed by atoms with Crippen LogP contribution in [0.4, 0.5) is 0 Å². The van der Waals surface area contributed by atoms with Crippen molar-refractivity contribution in [2.75, 3.05) is 19.7 Å². The molecule has 0 saturated heterocycles. The van der Waals surface area contributed by atoms with E-state index in [-0.39, 0.29) is 12.5 Å². The van der Waals surface area contributed by atoms with E-state index in [1.165, 1.54) is 0 Å². The highest BCUT2D eigenvalue weighted by Gasteiger charge is 2.09. The van der Waals surface area contributed by atoms with Gasteiger partial charge in [-0.1, -0.05) is 13.0 Å². The number of hydrogen-bond donors (Lipinski definition) is 2. The molecule has 1 aromatic heterocycles. The Balaban J connectivity index is 2.56. The van der Waals surface area contributed by atoms with Gasteiger partial charge in [-0.3, -0.25) is 4.98 Å². The maximum Gasteiger partial charge on any atom is 0.0527 e. The van der Waals surface area contributed by atoms with Crippen LogP contribution in [-0.4, -0.2) is 29.8 Å². The van der Waals surface area contributed by atoms with Crippen LogP contribution in [0.15, 0.2) is 24.4 Å². The first-order valence-corrected chi connectivity index (χ1v) is 4.61. The molecule has 2 N–H and O–H groups in total. The van der Waals surface area contributed by atoms with Crippen LogP contribution in [-0.2, 0) is 0 Å². The molecule has 0 amide bonds. The summed E-state index contributed by atoms with van der Waals surface area (Å²) in [6, 6.07) is 5.76. The average molecular weight is 180 g/mol. The largest absolute Gasteiger partial charge is 0.396 e. The van der Waals surface area contributed by atoms with Gasteiger partial charge in [0.2, 0.25) is 0 Å². The second kappa shape index (κ2) is 5.67. The van der Waals surface area contributed by atoms with Crippen LogP contribution >= 0.6 is 0 Å². The monoisotopic (exact) mass is 180 g/mol. The van der Waals surface area contributed by atoms with Crippen molar-refractivity contribution in [1.82, 2.24) is 10.3 Å². The smallest absolute Gasteiger partial charge is 0.0527 e. The van der Waals surface area contributed by atoms with Gasteiger partial charge in [-0.15, -0.1) is 0 Å². The van der Waals surface area contributed by atoms with Gasteiger partial charge in [0.15, 0.2) is 0 Å². The summed E-state index contributed by atoms with van der Waals surface area (Å²) < 4.78 is 0. The maximum absolute atomic E-state index is 9.13. The van der Waals surface area contributed by atoms with Crippen LogP contribution in [0.25, 0.3) is 0 Å². The molecule has 0 radical (unpaired) electrons. The highest BCUT2D eigenvalue weighted by atomic mass is 16.3. The fourth-order valence-electron chi connectivity index (χ4n) is 1.20. The van der Waals surface area contributed by atoms with Crippen LogP contribution in [0.2, 0.25) is 0 Å². The minimum atomic E-state index is 0.112. The van der Waals surface area contributed by atoms with Crippen LogP contribution in [0.5, 0.6) is 0 Å². The van der Waals surface area contributed by atoms with E-state index in [9.17, 15) is 0 Å². The number of aromatic nitrogens is 1. The lowest BCUT2D eigenvalue weighted by molar-refractivity contribution is 0.260. The van der Waals surface area contributed by atoms with E-state index in [0.29, 0.717) is 0 Å². The third kappa shape index (κ3) is 3.13. The number of nitrogens with one attached hydrogen (secondary N) is 1. The first-order valence-electron chi connectivity index (χ1n) is 4.61. The minimum Gasteiger partial charge on any atom is -0.396 e. The van der Waals surface area contributed by atoms with Crippen molar-refractivity contribution >= 4 is 0 Å². The molecule has 1 unspecified atom stereocenters. The van der Waals surface area contributed by atoms with Crippen LogP contribution in [0.3, 0.4) is 0 Å². The molecule has 13 heavy (non-hydrogen) atoms. The molecule has 0 saturated carbocycles. The average Bonchev–Trinajstić information content (AvgIpc) is 2.21. The van der Waals surface area contributed by atoms with Crippen LogP contribution in [0, 0.1) is 0 Å². The van der Waals surface area contributed by atoms with E-state index < -0.39 is 0 Å². The lowest BCUT2D eigenvalue weighted by atomic mass is 10.1. The summed E-state index contributed by atoms with van der Waals surface area (Å²) in [5.74, 6) is 0.112. The van der Waals surface area contributed by atoms with E-state index in [2.05, 4.69) is 10.3 Å². The van der Waals surface area contributed by atoms with Gasteiger partial charge in [0.05, 0.1) is 6.61 Å². The van der Waals surface area contributed by atoms with Crippen molar-refractivity contribution in [2.24, 2.45) is 0 Å². The van der Waals surface area contributed by atoms with E-state index in [1.54, 1.807) is 6.20 Å². The first-order chi connectivity index (χ1) is 6.38. The molecular weight excluding hydrogens is 164 g/mol. The minimum absolute atomic E-state index is 0.112. The van der Waals surface area contributed by atoms with Gasteiger partial charge in [0.25, 0.3) is 0 Å². The predicted molar refractivity (Wildman–Crippen MR) is 52.6 cm³/mol. The zero-order chi connectivity index (χ0) is 9.52. The third-order valence-corrected chi connectivity index (χ3v) is 1.97. The SMILES string of the molecule is CCNCC(CO)c1ccccn1. The van der Waals surface area contributed by atoms with Crippen molar-refractivity contribution < 1.29 is 5.11 Å². The second-order valence-corrected chi connectivity index (χ2v) is 2.94. The molecule has 3 heteroatoms. The van der Waals surface area contributed by atoms with Gasteiger partial charge in [0.1, 0.15) is 0 Å². The molecule has 0 aromatic carbocycles. The van der Waals surface area contributed by atoms with E-state index in [1.807, 2.05) is 25.1 Å². The highest BCUT2D eigenvalue weighted by molar-refractivity contribution is 5.09. The van der Waals surface area contributed by atoms with Gasteiger partial charge in [-0.05, 0) is 18.7 Å². The molecule has 0 aliphatic heterocycles. The van der Waals surface area contributed by atoms with Gasteiger partial charge < -0.3 is 10.4 Å². The van der Waals surface area contributed by atoms with Crippen molar-refractivity contribution in [2.45, 2.75) is 12.8 Å². The lowest BCUT2D eigenvalue weighted by Gasteiger charge is -2.13. The summed E-state index contributed by atoms with van der Waals surface area (Å²) in [4.78, 5) is 4.20. The van der Waals surface area contributed by atoms with Gasteiger partial charge in [-0.2, -0.15) is 0 Å². The van der Waals surface area contributed by atoms with E-state index >= 15 is 0 Å². The topological polar surface area (TPSA) is 45.1 Å². The van der Waals surface area contributed by atoms with E-state index in [4.69, 9.17) is 5.11 Å². The molecule has 1 heterocycles. The Labute approximate surface area is 78.8 Å². The fourth-order valence-corrected chi connectivity index (χ4v) is 1.20. The van der Waals surface area contributed by atoms with Crippen molar-refractivity contribution in [3.8, 4) is 0 Å². The summed E-state index contributed by atoms with van der Waals surface area (Å²) in [6.45, 7) is 3.89. The Morgan fingerprint density at radius 1 is 1.54 bits per heavy atom. The molecule has 72 valence electrons. The predicted octanol–water partition coefficient (Wildman–Crippen LogP) is 0.767. The number of aliphatic hydroxyl groups is 1. The standard InChI is InChI=1S/C10H16N2O/c1-2-11-7-9(8-13)10-5-3-4-6-12-10/h3-6,9,11,13H,2,7-8H2,1H3. The number of nitrogens with zero attached hydrogens (tertiary/aromatic N) is 1. The summed E-state index contributed by atoms with van der Waals surface area (Å²) in [5.41, 5.74) is 0.950. The first kappa shape index (κ1) is 10.2. The third-order valence-electron chi connectivity index (χ3n) is 1.97. The highest BCUT2D eigenvalue weighted by Crippen LogP contribution is 2.09. The molecule has 0 spiro atoms. The van der Waals surface area contributed by atoms with Crippen LogP contribution < -0.4 is 5.32 Å². The zero-order valence-corrected chi connectivity index (χ0v) is 7.90. The molecule has 0 bridgehead atoms. The molecule has 1 rings (SSSR count). The molecule has 0 fully saturated rings. The number of rotatable bonds is 5. The quantitative estimate of drug-likeness (QED) is 0.703. The molecule has 0 aliphatic carbocycles. The molecule has 0 aliphatic rings. The molecular formula is C10H16N2O. The zero-order valence-electron chi connectivity index (χ0n) is 7.90. The molecule has 1 atom stereocenters. The van der Waals surface area contributed by atoms with Gasteiger partial charge >= 0.3 is 0 Å². The maximum atomic E-state index is 9.13. The van der Waals surface area contributed by atoms with E-state index in [0.717, 1.165) is 18.8 Å². The van der Waals surface area contributed by atoms with Gasteiger partial charge in [-0.25, -0.2) is 0 Å². The van der Waals surface area contributed by atoms with Crippen molar-refractivity contribution in [1.29, 1.82) is 0 Å². The second-order valence-electron chi connectivity index (χ2n) is 2.94. The van der Waals surface area contributed by atoms with Crippen molar-refractivity contribution in [3.63, 3.8) is 0 Å². The number of hydrogen-bond acceptors (Lipinski definition) is 3. The number of pyridine rings is 1. The summed E-state index contributed by atoms with van der Waals surface area (Å²) in [7, 11) is 0. The Morgan fingerprint density at radius 2 is 2.38 bits per heavy atom. The summed E-state index contributed by atoms with van der Waals surface area (Å²) >= 11 is 0. The Hall–Kier alpha value is -0.930. The van der Waals surface area contributed by atoms with Crippen LogP contribution in [0.1, 0.15) is 18.5 Å². The Bertz CT molecular complexity index is 226. The number of likely N-dealkylation sites (N-methyl/N-ethyl adjacent to an activating group) is 1. The normalized spacial score (nSPS) is 12.8. The summed E-state index contributed by atoms with van der Waals surface area (Å²) in [5, 5.41) is 12.3. The number of aliphatic hydroxyl groups excluding tert-OH is 1. The molecule has 1 aromatic rings. The van der Waals surface area contributed by atoms with Crippen molar-refractivity contribution in [3.05, 3.63) is 30.1 Å². The Kier molecular flexibility index (Phi) is 4.43.